The van der Waals surface area contributed by atoms with Gasteiger partial charge < -0.3 is 14.7 Å². The standard InChI is InChI=1S/C29H32Cl3N3O5S/c1-18-14-35(19(2)17-36)29(37)24-13-22(33-41(38,39)23-8-5-21(30)6-9-23)7-11-27(24)40-28(18)16-34(3)15-20-4-10-25(31)26(32)12-20/h4-13,18-19,28,33,36H,14-17H2,1-3H3/t18-,19-,28+/m0/s1. The fraction of sp³-hybridized carbons (Fsp3) is 0.345. The molecule has 0 spiro atoms. The summed E-state index contributed by atoms with van der Waals surface area (Å²) in [7, 11) is -1.97. The fourth-order valence-corrected chi connectivity index (χ4v) is 6.15. The Bertz CT molecular complexity index is 1500. The summed E-state index contributed by atoms with van der Waals surface area (Å²) in [5, 5.41) is 11.3. The lowest BCUT2D eigenvalue weighted by Gasteiger charge is -2.38. The maximum atomic E-state index is 13.7. The summed E-state index contributed by atoms with van der Waals surface area (Å²) < 4.78 is 34.9. The average molecular weight is 641 g/mol. The maximum Gasteiger partial charge on any atom is 0.261 e. The molecule has 41 heavy (non-hydrogen) atoms. The molecule has 2 N–H and O–H groups in total. The predicted molar refractivity (Wildman–Crippen MR) is 163 cm³/mol. The van der Waals surface area contributed by atoms with E-state index in [-0.39, 0.29) is 40.7 Å². The number of nitrogens with one attached hydrogen (secondary N) is 1. The number of anilines is 1. The zero-order valence-corrected chi connectivity index (χ0v) is 25.9. The molecule has 1 aliphatic rings. The zero-order chi connectivity index (χ0) is 29.9. The van der Waals surface area contributed by atoms with E-state index >= 15 is 0 Å². The quantitative estimate of drug-likeness (QED) is 0.307. The molecule has 4 rings (SSSR count). The van der Waals surface area contributed by atoms with Crippen LogP contribution in [0.2, 0.25) is 15.1 Å². The second-order valence-corrected chi connectivity index (χ2v) is 13.3. The highest BCUT2D eigenvalue weighted by atomic mass is 35.5. The van der Waals surface area contributed by atoms with Crippen molar-refractivity contribution >= 4 is 56.4 Å². The Kier molecular flexibility index (Phi) is 10.1. The first kappa shape index (κ1) is 31.4. The number of rotatable bonds is 9. The van der Waals surface area contributed by atoms with Crippen molar-refractivity contribution in [3.63, 3.8) is 0 Å². The Hall–Kier alpha value is -2.53. The van der Waals surface area contributed by atoms with Crippen LogP contribution < -0.4 is 9.46 Å². The van der Waals surface area contributed by atoms with Crippen LogP contribution in [0.4, 0.5) is 5.69 Å². The lowest BCUT2D eigenvalue weighted by Crippen LogP contribution is -2.49. The Morgan fingerprint density at radius 3 is 2.44 bits per heavy atom. The topological polar surface area (TPSA) is 99.2 Å². The molecule has 1 aliphatic heterocycles. The van der Waals surface area contributed by atoms with Crippen molar-refractivity contribution in [3.05, 3.63) is 86.9 Å². The third-order valence-corrected chi connectivity index (χ3v) is 9.36. The van der Waals surface area contributed by atoms with Crippen molar-refractivity contribution in [2.75, 3.05) is 31.5 Å². The van der Waals surface area contributed by atoms with Crippen molar-refractivity contribution in [2.45, 2.75) is 37.4 Å². The van der Waals surface area contributed by atoms with E-state index in [2.05, 4.69) is 9.62 Å². The van der Waals surface area contributed by atoms with Crippen LogP contribution in [0, 0.1) is 5.92 Å². The molecule has 1 amide bonds. The summed E-state index contributed by atoms with van der Waals surface area (Å²) in [5.41, 5.74) is 1.39. The van der Waals surface area contributed by atoms with Gasteiger partial charge in [-0.1, -0.05) is 47.8 Å². The van der Waals surface area contributed by atoms with Crippen LogP contribution in [0.5, 0.6) is 5.75 Å². The summed E-state index contributed by atoms with van der Waals surface area (Å²) in [6, 6.07) is 15.4. The van der Waals surface area contributed by atoms with Crippen molar-refractivity contribution in [3.8, 4) is 5.75 Å². The molecule has 3 aromatic rings. The average Bonchev–Trinajstić information content (AvgIpc) is 2.92. The van der Waals surface area contributed by atoms with E-state index in [0.717, 1.165) is 5.56 Å². The molecule has 0 radical (unpaired) electrons. The second-order valence-electron chi connectivity index (χ2n) is 10.3. The lowest BCUT2D eigenvalue weighted by atomic mass is 9.99. The highest BCUT2D eigenvalue weighted by Gasteiger charge is 2.33. The minimum atomic E-state index is -3.93. The van der Waals surface area contributed by atoms with Gasteiger partial charge in [-0.15, -0.1) is 0 Å². The van der Waals surface area contributed by atoms with Gasteiger partial charge in [-0.3, -0.25) is 14.4 Å². The molecule has 3 atom stereocenters. The SMILES string of the molecule is C[C@H]1CN([C@@H](C)CO)C(=O)c2cc(NS(=O)(=O)c3ccc(Cl)cc3)ccc2O[C@@H]1CN(C)Cc1ccc(Cl)c(Cl)c1. The molecule has 0 unspecified atom stereocenters. The molecule has 0 bridgehead atoms. The van der Waals surface area contributed by atoms with Crippen molar-refractivity contribution < 1.29 is 23.1 Å². The molecule has 220 valence electrons. The van der Waals surface area contributed by atoms with E-state index in [1.807, 2.05) is 26.1 Å². The van der Waals surface area contributed by atoms with E-state index in [1.54, 1.807) is 30.0 Å². The molecule has 0 fully saturated rings. The third-order valence-electron chi connectivity index (χ3n) is 6.97. The monoisotopic (exact) mass is 639 g/mol. The van der Waals surface area contributed by atoms with Gasteiger partial charge in [0.05, 0.1) is 33.2 Å². The molecule has 0 aromatic heterocycles. The number of likely N-dealkylation sites (N-methyl/N-ethyl adjacent to an activating group) is 1. The first-order valence-corrected chi connectivity index (χ1v) is 15.6. The number of aliphatic hydroxyl groups excluding tert-OH is 1. The van der Waals surface area contributed by atoms with E-state index in [1.165, 1.54) is 30.3 Å². The minimum Gasteiger partial charge on any atom is -0.488 e. The Labute approximate surface area is 255 Å². The molecule has 3 aromatic carbocycles. The first-order valence-electron chi connectivity index (χ1n) is 13.0. The molecule has 12 heteroatoms. The van der Waals surface area contributed by atoms with Crippen LogP contribution >= 0.6 is 34.8 Å². The summed E-state index contributed by atoms with van der Waals surface area (Å²) in [6.45, 7) is 5.01. The van der Waals surface area contributed by atoms with Crippen LogP contribution in [-0.4, -0.2) is 68.1 Å². The van der Waals surface area contributed by atoms with Gasteiger partial charge in [-0.25, -0.2) is 8.42 Å². The van der Waals surface area contributed by atoms with Crippen LogP contribution in [-0.2, 0) is 16.6 Å². The van der Waals surface area contributed by atoms with Gasteiger partial charge in [0.25, 0.3) is 15.9 Å². The molecule has 0 saturated carbocycles. The molecule has 0 aliphatic carbocycles. The van der Waals surface area contributed by atoms with Crippen molar-refractivity contribution in [2.24, 2.45) is 5.92 Å². The van der Waals surface area contributed by atoms with Gasteiger partial charge in [-0.05, 0) is 74.1 Å². The van der Waals surface area contributed by atoms with Gasteiger partial charge in [0.2, 0.25) is 0 Å². The number of ether oxygens (including phenoxy) is 1. The third kappa shape index (κ3) is 7.66. The van der Waals surface area contributed by atoms with Gasteiger partial charge >= 0.3 is 0 Å². The van der Waals surface area contributed by atoms with Gasteiger partial charge in [0, 0.05) is 36.3 Å². The number of carbonyl (C=O) groups is 1. The number of fused-ring (bicyclic) bond motifs is 1. The molecule has 1 heterocycles. The summed E-state index contributed by atoms with van der Waals surface area (Å²) in [5.74, 6) is -0.108. The number of halogens is 3. The van der Waals surface area contributed by atoms with E-state index < -0.39 is 16.1 Å². The summed E-state index contributed by atoms with van der Waals surface area (Å²) in [4.78, 5) is 17.4. The number of hydrogen-bond acceptors (Lipinski definition) is 6. The van der Waals surface area contributed by atoms with Crippen molar-refractivity contribution in [1.82, 2.24) is 9.80 Å². The molecular formula is C29H32Cl3N3O5S. The predicted octanol–water partition coefficient (Wildman–Crippen LogP) is 5.80. The van der Waals surface area contributed by atoms with Crippen LogP contribution in [0.25, 0.3) is 0 Å². The summed E-state index contributed by atoms with van der Waals surface area (Å²) >= 11 is 18.2. The first-order chi connectivity index (χ1) is 19.4. The van der Waals surface area contributed by atoms with Crippen LogP contribution in [0.15, 0.2) is 65.6 Å². The smallest absolute Gasteiger partial charge is 0.261 e. The number of sulfonamides is 1. The lowest BCUT2D eigenvalue weighted by molar-refractivity contribution is 0.0341. The number of carbonyl (C=O) groups excluding carboxylic acids is 1. The molecular weight excluding hydrogens is 609 g/mol. The number of benzene rings is 3. The number of nitrogens with zero attached hydrogens (tertiary/aromatic N) is 2. The summed E-state index contributed by atoms with van der Waals surface area (Å²) in [6.07, 6.45) is -0.320. The number of hydrogen-bond donors (Lipinski definition) is 2. The number of aliphatic hydroxyl groups is 1. The Morgan fingerprint density at radius 2 is 1.78 bits per heavy atom. The number of amides is 1. The Balaban J connectivity index is 1.62. The highest BCUT2D eigenvalue weighted by molar-refractivity contribution is 7.92. The fourth-order valence-electron chi connectivity index (χ4n) is 4.65. The van der Waals surface area contributed by atoms with E-state index in [0.29, 0.717) is 40.5 Å². The van der Waals surface area contributed by atoms with E-state index in [9.17, 15) is 18.3 Å². The minimum absolute atomic E-state index is 0.0330. The van der Waals surface area contributed by atoms with Gasteiger partial charge in [0.15, 0.2) is 0 Å². The van der Waals surface area contributed by atoms with Gasteiger partial charge in [0.1, 0.15) is 11.9 Å². The zero-order valence-electron chi connectivity index (χ0n) is 22.9. The van der Waals surface area contributed by atoms with Crippen LogP contribution in [0.1, 0.15) is 29.8 Å². The highest BCUT2D eigenvalue weighted by Crippen LogP contribution is 2.32. The van der Waals surface area contributed by atoms with E-state index in [4.69, 9.17) is 39.5 Å². The maximum absolute atomic E-state index is 13.7. The molecule has 8 nitrogen and oxygen atoms in total. The second kappa shape index (κ2) is 13.2. The Morgan fingerprint density at radius 1 is 1.07 bits per heavy atom. The van der Waals surface area contributed by atoms with Gasteiger partial charge in [-0.2, -0.15) is 0 Å². The normalized spacial score (nSPS) is 18.3. The van der Waals surface area contributed by atoms with Crippen LogP contribution in [0.3, 0.4) is 0 Å². The largest absolute Gasteiger partial charge is 0.488 e. The molecule has 0 saturated heterocycles. The van der Waals surface area contributed by atoms with Crippen molar-refractivity contribution in [1.29, 1.82) is 0 Å².